The second kappa shape index (κ2) is 6.92. The van der Waals surface area contributed by atoms with Crippen molar-refractivity contribution in [2.24, 2.45) is 0 Å². The Morgan fingerprint density at radius 3 is 2.68 bits per heavy atom. The third kappa shape index (κ3) is 3.96. The van der Waals surface area contributed by atoms with E-state index in [1.165, 1.54) is 6.08 Å². The van der Waals surface area contributed by atoms with Crippen LogP contribution in [0.15, 0.2) is 42.2 Å². The van der Waals surface area contributed by atoms with Gasteiger partial charge in [-0.05, 0) is 44.2 Å². The Bertz CT molecular complexity index is 738. The molecule has 22 heavy (non-hydrogen) atoms. The highest BCUT2D eigenvalue weighted by molar-refractivity contribution is 6.30. The summed E-state index contributed by atoms with van der Waals surface area (Å²) in [6, 6.07) is 9.08. The Morgan fingerprint density at radius 2 is 2.09 bits per heavy atom. The van der Waals surface area contributed by atoms with Crippen molar-refractivity contribution < 1.29 is 4.79 Å². The van der Waals surface area contributed by atoms with Crippen molar-refractivity contribution in [1.29, 1.82) is 5.26 Å². The largest absolute Gasteiger partial charge is 0.349 e. The average Bonchev–Trinajstić information content (AvgIpc) is 2.93. The van der Waals surface area contributed by atoms with Crippen LogP contribution in [-0.4, -0.2) is 21.7 Å². The number of hydrogen-bond donors (Lipinski definition) is 1. The fraction of sp³-hybridized carbons (Fsp3) is 0.188. The summed E-state index contributed by atoms with van der Waals surface area (Å²) < 4.78 is 1.65. The maximum Gasteiger partial charge on any atom is 0.262 e. The minimum absolute atomic E-state index is 0.0268. The van der Waals surface area contributed by atoms with Gasteiger partial charge >= 0.3 is 0 Å². The molecule has 0 radical (unpaired) electrons. The maximum atomic E-state index is 11.9. The number of nitriles is 1. The zero-order valence-corrected chi connectivity index (χ0v) is 13.0. The Balaban J connectivity index is 2.23. The Hall–Kier alpha value is -2.58. The van der Waals surface area contributed by atoms with Crippen LogP contribution in [0.3, 0.4) is 0 Å². The fourth-order valence-corrected chi connectivity index (χ4v) is 1.93. The van der Waals surface area contributed by atoms with Gasteiger partial charge in [0, 0.05) is 22.8 Å². The summed E-state index contributed by atoms with van der Waals surface area (Å²) in [5.41, 5.74) is 1.56. The first-order valence-electron chi connectivity index (χ1n) is 6.73. The number of rotatable bonds is 4. The van der Waals surface area contributed by atoms with Crippen LogP contribution in [0.2, 0.25) is 5.02 Å². The second-order valence-electron chi connectivity index (χ2n) is 4.99. The third-order valence-corrected chi connectivity index (χ3v) is 3.04. The quantitative estimate of drug-likeness (QED) is 0.696. The molecule has 0 aliphatic rings. The summed E-state index contributed by atoms with van der Waals surface area (Å²) in [6.45, 7) is 3.68. The first-order chi connectivity index (χ1) is 10.5. The van der Waals surface area contributed by atoms with E-state index in [-0.39, 0.29) is 11.6 Å². The van der Waals surface area contributed by atoms with Crippen molar-refractivity contribution in [3.63, 3.8) is 0 Å². The lowest BCUT2D eigenvalue weighted by Crippen LogP contribution is -2.30. The summed E-state index contributed by atoms with van der Waals surface area (Å²) in [4.78, 5) is 11.9. The van der Waals surface area contributed by atoms with Crippen LogP contribution < -0.4 is 5.32 Å². The van der Waals surface area contributed by atoms with Gasteiger partial charge in [0.2, 0.25) is 0 Å². The molecule has 1 N–H and O–H groups in total. The van der Waals surface area contributed by atoms with E-state index < -0.39 is 5.91 Å². The van der Waals surface area contributed by atoms with Gasteiger partial charge in [0.05, 0.1) is 11.9 Å². The number of hydrogen-bond acceptors (Lipinski definition) is 3. The number of aromatic nitrogens is 2. The molecule has 1 heterocycles. The van der Waals surface area contributed by atoms with E-state index in [1.54, 1.807) is 29.2 Å². The van der Waals surface area contributed by atoms with Gasteiger partial charge in [-0.25, -0.2) is 4.68 Å². The lowest BCUT2D eigenvalue weighted by atomic mass is 10.2. The Labute approximate surface area is 133 Å². The molecule has 1 aromatic carbocycles. The molecule has 0 fully saturated rings. The monoisotopic (exact) mass is 314 g/mol. The van der Waals surface area contributed by atoms with Gasteiger partial charge in [-0.1, -0.05) is 11.6 Å². The van der Waals surface area contributed by atoms with Gasteiger partial charge in [-0.15, -0.1) is 0 Å². The Morgan fingerprint density at radius 1 is 1.41 bits per heavy atom. The van der Waals surface area contributed by atoms with Crippen molar-refractivity contribution in [3.05, 3.63) is 52.8 Å². The predicted octanol–water partition coefficient (Wildman–Crippen LogP) is 2.96. The molecular weight excluding hydrogens is 300 g/mol. The molecule has 1 amide bonds. The summed E-state index contributed by atoms with van der Waals surface area (Å²) in [7, 11) is 0. The summed E-state index contributed by atoms with van der Waals surface area (Å²) >= 11 is 5.85. The normalized spacial score (nSPS) is 11.3. The van der Waals surface area contributed by atoms with Crippen LogP contribution in [0, 0.1) is 11.3 Å². The van der Waals surface area contributed by atoms with Crippen LogP contribution in [0.25, 0.3) is 11.8 Å². The molecule has 2 aromatic rings. The zero-order valence-electron chi connectivity index (χ0n) is 12.2. The van der Waals surface area contributed by atoms with Crippen LogP contribution in [0.5, 0.6) is 0 Å². The first kappa shape index (κ1) is 15.8. The number of carbonyl (C=O) groups is 1. The Kier molecular flexibility index (Phi) is 4.97. The first-order valence-corrected chi connectivity index (χ1v) is 7.10. The molecule has 5 nitrogen and oxygen atoms in total. The molecule has 0 bridgehead atoms. The number of halogens is 1. The minimum atomic E-state index is -0.392. The van der Waals surface area contributed by atoms with Gasteiger partial charge in [-0.2, -0.15) is 10.4 Å². The highest BCUT2D eigenvalue weighted by atomic mass is 35.5. The highest BCUT2D eigenvalue weighted by Crippen LogP contribution is 2.14. The van der Waals surface area contributed by atoms with E-state index in [9.17, 15) is 4.79 Å². The maximum absolute atomic E-state index is 11.9. The average molecular weight is 315 g/mol. The lowest BCUT2D eigenvalue weighted by molar-refractivity contribution is -0.117. The van der Waals surface area contributed by atoms with E-state index in [0.29, 0.717) is 10.6 Å². The third-order valence-electron chi connectivity index (χ3n) is 2.79. The summed E-state index contributed by atoms with van der Waals surface area (Å²) in [6.07, 6.45) is 4.84. The minimum Gasteiger partial charge on any atom is -0.349 e. The smallest absolute Gasteiger partial charge is 0.262 e. The fourth-order valence-electron chi connectivity index (χ4n) is 1.80. The van der Waals surface area contributed by atoms with Crippen LogP contribution in [0.4, 0.5) is 0 Å². The molecule has 0 aliphatic heterocycles. The summed E-state index contributed by atoms with van der Waals surface area (Å²) in [5, 5.41) is 16.6. The molecule has 112 valence electrons. The number of nitrogens with one attached hydrogen (secondary N) is 1. The summed E-state index contributed by atoms with van der Waals surface area (Å²) in [5.74, 6) is -0.392. The van der Waals surface area contributed by atoms with Crippen LogP contribution in [-0.2, 0) is 4.79 Å². The van der Waals surface area contributed by atoms with E-state index in [4.69, 9.17) is 16.9 Å². The topological polar surface area (TPSA) is 70.7 Å². The molecule has 0 unspecified atom stereocenters. The molecule has 0 spiro atoms. The van der Waals surface area contributed by atoms with Gasteiger partial charge in [0.15, 0.2) is 0 Å². The molecule has 0 saturated heterocycles. The number of benzene rings is 1. The van der Waals surface area contributed by atoms with E-state index in [2.05, 4.69) is 10.4 Å². The molecule has 0 aliphatic carbocycles. The van der Waals surface area contributed by atoms with E-state index in [1.807, 2.05) is 32.0 Å². The van der Waals surface area contributed by atoms with E-state index >= 15 is 0 Å². The SMILES string of the molecule is CC(C)NC(=O)/C(C#N)=C/c1cnn(-c2ccc(Cl)cc2)c1. The molecule has 6 heteroatoms. The standard InChI is InChI=1S/C16H15ClN4O/c1-11(2)20-16(22)13(8-18)7-12-9-19-21(10-12)15-5-3-14(17)4-6-15/h3-7,9-11H,1-2H3,(H,20,22)/b13-7+. The van der Waals surface area contributed by atoms with Crippen molar-refractivity contribution in [2.45, 2.75) is 19.9 Å². The molecule has 0 atom stereocenters. The van der Waals surface area contributed by atoms with Crippen molar-refractivity contribution in [3.8, 4) is 11.8 Å². The number of carbonyl (C=O) groups excluding carboxylic acids is 1. The van der Waals surface area contributed by atoms with Crippen molar-refractivity contribution >= 4 is 23.6 Å². The molecule has 1 aromatic heterocycles. The van der Waals surface area contributed by atoms with E-state index in [0.717, 1.165) is 5.69 Å². The van der Waals surface area contributed by atoms with Gasteiger partial charge in [0.1, 0.15) is 11.6 Å². The van der Waals surface area contributed by atoms with Gasteiger partial charge < -0.3 is 5.32 Å². The molecule has 0 saturated carbocycles. The highest BCUT2D eigenvalue weighted by Gasteiger charge is 2.10. The van der Waals surface area contributed by atoms with Crippen LogP contribution in [0.1, 0.15) is 19.4 Å². The van der Waals surface area contributed by atoms with Gasteiger partial charge in [-0.3, -0.25) is 4.79 Å². The second-order valence-corrected chi connectivity index (χ2v) is 5.43. The van der Waals surface area contributed by atoms with Crippen molar-refractivity contribution in [2.75, 3.05) is 0 Å². The van der Waals surface area contributed by atoms with Crippen LogP contribution >= 0.6 is 11.6 Å². The number of nitrogens with zero attached hydrogens (tertiary/aromatic N) is 3. The van der Waals surface area contributed by atoms with Gasteiger partial charge in [0.25, 0.3) is 5.91 Å². The molecular formula is C16H15ClN4O. The lowest BCUT2D eigenvalue weighted by Gasteiger charge is -2.06. The molecule has 2 rings (SSSR count). The van der Waals surface area contributed by atoms with Crippen molar-refractivity contribution in [1.82, 2.24) is 15.1 Å². The zero-order chi connectivity index (χ0) is 16.1. The number of amides is 1. The predicted molar refractivity (Wildman–Crippen MR) is 85.4 cm³/mol.